The number of anilines is 1. The standard InChI is InChI=1S/C20H20N4O2/c1-12(2)26-19(25)17-13(3)22-20-23-15-8-4-5-9-16(15)24(20)18(17)14-7-6-10-21-11-14/h4-12,18H,1-3H3,(H,22,23)/t18-/m1/s1. The fraction of sp³-hybridized carbons (Fsp3) is 0.250. The fourth-order valence-corrected chi connectivity index (χ4v) is 3.36. The van der Waals surface area contributed by atoms with Crippen LogP contribution in [0.1, 0.15) is 32.4 Å². The molecule has 0 fully saturated rings. The van der Waals surface area contributed by atoms with Crippen molar-refractivity contribution in [1.29, 1.82) is 0 Å². The van der Waals surface area contributed by atoms with E-state index in [0.717, 1.165) is 22.3 Å². The van der Waals surface area contributed by atoms with Gasteiger partial charge in [0.15, 0.2) is 0 Å². The van der Waals surface area contributed by atoms with Crippen molar-refractivity contribution < 1.29 is 9.53 Å². The van der Waals surface area contributed by atoms with Gasteiger partial charge < -0.3 is 10.1 Å². The highest BCUT2D eigenvalue weighted by molar-refractivity contribution is 5.94. The zero-order valence-electron chi connectivity index (χ0n) is 14.9. The first-order valence-electron chi connectivity index (χ1n) is 8.62. The summed E-state index contributed by atoms with van der Waals surface area (Å²) in [5.41, 5.74) is 4.05. The van der Waals surface area contributed by atoms with E-state index < -0.39 is 0 Å². The number of allylic oxidation sites excluding steroid dienone is 1. The number of esters is 1. The molecule has 3 heterocycles. The Kier molecular flexibility index (Phi) is 3.95. The number of ether oxygens (including phenoxy) is 1. The zero-order chi connectivity index (χ0) is 18.3. The van der Waals surface area contributed by atoms with Gasteiger partial charge in [-0.1, -0.05) is 18.2 Å². The summed E-state index contributed by atoms with van der Waals surface area (Å²) in [5.74, 6) is 0.376. The number of rotatable bonds is 3. The maximum Gasteiger partial charge on any atom is 0.338 e. The van der Waals surface area contributed by atoms with Crippen molar-refractivity contribution in [3.8, 4) is 0 Å². The van der Waals surface area contributed by atoms with Crippen molar-refractivity contribution in [2.24, 2.45) is 0 Å². The lowest BCUT2D eigenvalue weighted by Gasteiger charge is -2.30. The van der Waals surface area contributed by atoms with E-state index in [1.54, 1.807) is 12.4 Å². The van der Waals surface area contributed by atoms with Crippen molar-refractivity contribution >= 4 is 23.0 Å². The van der Waals surface area contributed by atoms with Crippen LogP contribution in [-0.4, -0.2) is 26.6 Å². The number of carbonyl (C=O) groups is 1. The second-order valence-electron chi connectivity index (χ2n) is 6.60. The van der Waals surface area contributed by atoms with E-state index in [4.69, 9.17) is 4.74 Å². The average molecular weight is 348 g/mol. The van der Waals surface area contributed by atoms with Crippen LogP contribution < -0.4 is 5.32 Å². The highest BCUT2D eigenvalue weighted by Crippen LogP contribution is 2.39. The highest BCUT2D eigenvalue weighted by Gasteiger charge is 2.35. The summed E-state index contributed by atoms with van der Waals surface area (Å²) >= 11 is 0. The van der Waals surface area contributed by atoms with Gasteiger partial charge in [0, 0.05) is 18.1 Å². The topological polar surface area (TPSA) is 69.0 Å². The Morgan fingerprint density at radius 1 is 1.23 bits per heavy atom. The van der Waals surface area contributed by atoms with Crippen molar-refractivity contribution in [1.82, 2.24) is 14.5 Å². The smallest absolute Gasteiger partial charge is 0.338 e. The van der Waals surface area contributed by atoms with E-state index in [9.17, 15) is 4.79 Å². The molecule has 4 rings (SSSR count). The van der Waals surface area contributed by atoms with Crippen LogP contribution in [-0.2, 0) is 9.53 Å². The molecule has 1 N–H and O–H groups in total. The van der Waals surface area contributed by atoms with Gasteiger partial charge in [-0.05, 0) is 44.5 Å². The van der Waals surface area contributed by atoms with E-state index in [-0.39, 0.29) is 18.1 Å². The highest BCUT2D eigenvalue weighted by atomic mass is 16.5. The number of hydrogen-bond donors (Lipinski definition) is 1. The van der Waals surface area contributed by atoms with Gasteiger partial charge in [-0.3, -0.25) is 9.55 Å². The summed E-state index contributed by atoms with van der Waals surface area (Å²) in [5, 5.41) is 3.26. The van der Waals surface area contributed by atoms with Crippen LogP contribution in [0, 0.1) is 0 Å². The second-order valence-corrected chi connectivity index (χ2v) is 6.60. The molecule has 0 bridgehead atoms. The number of pyridine rings is 1. The summed E-state index contributed by atoms with van der Waals surface area (Å²) in [6, 6.07) is 11.4. The molecule has 0 saturated carbocycles. The Bertz CT molecular complexity index is 1010. The number of benzene rings is 1. The van der Waals surface area contributed by atoms with E-state index >= 15 is 0 Å². The van der Waals surface area contributed by atoms with E-state index in [1.807, 2.05) is 61.7 Å². The molecular weight excluding hydrogens is 328 g/mol. The Morgan fingerprint density at radius 3 is 2.77 bits per heavy atom. The molecule has 0 spiro atoms. The minimum Gasteiger partial charge on any atom is -0.459 e. The van der Waals surface area contributed by atoms with Gasteiger partial charge in [0.05, 0.1) is 28.8 Å². The molecule has 0 radical (unpaired) electrons. The third-order valence-corrected chi connectivity index (χ3v) is 4.39. The summed E-state index contributed by atoms with van der Waals surface area (Å²) < 4.78 is 7.56. The molecule has 6 heteroatoms. The predicted molar refractivity (Wildman–Crippen MR) is 99.7 cm³/mol. The molecule has 0 amide bonds. The number of imidazole rings is 1. The molecule has 6 nitrogen and oxygen atoms in total. The molecule has 1 aliphatic rings. The Morgan fingerprint density at radius 2 is 2.04 bits per heavy atom. The number of nitrogens with one attached hydrogen (secondary N) is 1. The van der Waals surface area contributed by atoms with Gasteiger partial charge in [-0.15, -0.1) is 0 Å². The lowest BCUT2D eigenvalue weighted by atomic mass is 9.96. The number of nitrogens with zero attached hydrogens (tertiary/aromatic N) is 3. The molecule has 0 unspecified atom stereocenters. The summed E-state index contributed by atoms with van der Waals surface area (Å²) in [7, 11) is 0. The molecule has 1 aromatic carbocycles. The molecule has 0 aliphatic carbocycles. The van der Waals surface area contributed by atoms with Gasteiger partial charge in [0.25, 0.3) is 0 Å². The van der Waals surface area contributed by atoms with E-state index in [1.165, 1.54) is 0 Å². The lowest BCUT2D eigenvalue weighted by molar-refractivity contribution is -0.143. The summed E-state index contributed by atoms with van der Waals surface area (Å²) in [6.07, 6.45) is 3.31. The largest absolute Gasteiger partial charge is 0.459 e. The SMILES string of the molecule is CC1=C(C(=O)OC(C)C)[C@@H](c2cccnc2)n2c(nc3ccccc32)N1. The van der Waals surface area contributed by atoms with Crippen LogP contribution in [0.15, 0.2) is 60.1 Å². The average Bonchev–Trinajstić information content (AvgIpc) is 2.98. The van der Waals surface area contributed by atoms with Crippen molar-refractivity contribution in [2.75, 3.05) is 5.32 Å². The first-order valence-corrected chi connectivity index (χ1v) is 8.62. The third kappa shape index (κ3) is 2.63. The molecule has 132 valence electrons. The first-order chi connectivity index (χ1) is 12.6. The normalized spacial score (nSPS) is 16.5. The van der Waals surface area contributed by atoms with Gasteiger partial charge in [-0.25, -0.2) is 9.78 Å². The Balaban J connectivity index is 1.95. The first kappa shape index (κ1) is 16.3. The van der Waals surface area contributed by atoms with Gasteiger partial charge in [-0.2, -0.15) is 0 Å². The third-order valence-electron chi connectivity index (χ3n) is 4.39. The van der Waals surface area contributed by atoms with Crippen molar-refractivity contribution in [3.63, 3.8) is 0 Å². The Hall–Kier alpha value is -3.15. The van der Waals surface area contributed by atoms with Crippen LogP contribution >= 0.6 is 0 Å². The van der Waals surface area contributed by atoms with E-state index in [2.05, 4.69) is 15.3 Å². The number of fused-ring (bicyclic) bond motifs is 3. The van der Waals surface area contributed by atoms with Crippen molar-refractivity contribution in [2.45, 2.75) is 32.9 Å². The molecule has 3 aromatic rings. The molecule has 0 saturated heterocycles. The quantitative estimate of drug-likeness (QED) is 0.731. The van der Waals surface area contributed by atoms with Crippen LogP contribution in [0.5, 0.6) is 0 Å². The second kappa shape index (κ2) is 6.29. The maximum absolute atomic E-state index is 12.9. The Labute approximate surface area is 151 Å². The minimum absolute atomic E-state index is 0.196. The zero-order valence-corrected chi connectivity index (χ0v) is 14.9. The molecule has 26 heavy (non-hydrogen) atoms. The summed E-state index contributed by atoms with van der Waals surface area (Å²) in [4.78, 5) is 21.8. The lowest BCUT2D eigenvalue weighted by Crippen LogP contribution is -2.30. The monoisotopic (exact) mass is 348 g/mol. The molecule has 2 aromatic heterocycles. The van der Waals surface area contributed by atoms with Crippen LogP contribution in [0.3, 0.4) is 0 Å². The molecule has 1 atom stereocenters. The van der Waals surface area contributed by atoms with Crippen LogP contribution in [0.25, 0.3) is 11.0 Å². The van der Waals surface area contributed by atoms with Gasteiger partial charge >= 0.3 is 5.97 Å². The number of aromatic nitrogens is 3. The van der Waals surface area contributed by atoms with Crippen LogP contribution in [0.4, 0.5) is 5.95 Å². The maximum atomic E-state index is 12.9. The minimum atomic E-state index is -0.349. The summed E-state index contributed by atoms with van der Waals surface area (Å²) in [6.45, 7) is 5.57. The number of carbonyl (C=O) groups excluding carboxylic acids is 1. The number of hydrogen-bond acceptors (Lipinski definition) is 5. The van der Waals surface area contributed by atoms with Crippen LogP contribution in [0.2, 0.25) is 0 Å². The van der Waals surface area contributed by atoms with Gasteiger partial charge in [0.2, 0.25) is 5.95 Å². The molecule has 1 aliphatic heterocycles. The van der Waals surface area contributed by atoms with Crippen molar-refractivity contribution in [3.05, 3.63) is 65.6 Å². The molecular formula is C20H20N4O2. The fourth-order valence-electron chi connectivity index (χ4n) is 3.36. The van der Waals surface area contributed by atoms with Gasteiger partial charge in [0.1, 0.15) is 0 Å². The van der Waals surface area contributed by atoms with E-state index in [0.29, 0.717) is 11.5 Å². The number of para-hydroxylation sites is 2. The predicted octanol–water partition coefficient (Wildman–Crippen LogP) is 3.67.